The average molecular weight is 434 g/mol. The predicted octanol–water partition coefficient (Wildman–Crippen LogP) is 4.21. The number of hydrogen-bond donors (Lipinski definition) is 0. The highest BCUT2D eigenvalue weighted by atomic mass is 32.2. The van der Waals surface area contributed by atoms with Crippen LogP contribution in [0.5, 0.6) is 0 Å². The van der Waals surface area contributed by atoms with Crippen molar-refractivity contribution in [2.75, 3.05) is 26.6 Å². The van der Waals surface area contributed by atoms with Gasteiger partial charge in [-0.3, -0.25) is 4.79 Å². The third kappa shape index (κ3) is 6.20. The van der Waals surface area contributed by atoms with Crippen LogP contribution < -0.4 is 0 Å². The van der Waals surface area contributed by atoms with Gasteiger partial charge in [0.25, 0.3) is 5.91 Å². The van der Waals surface area contributed by atoms with E-state index in [9.17, 15) is 9.59 Å². The molecule has 0 aromatic heterocycles. The van der Waals surface area contributed by atoms with Crippen molar-refractivity contribution in [2.24, 2.45) is 0 Å². The average Bonchev–Trinajstić information content (AvgIpc) is 3.11. The second-order valence-electron chi connectivity index (χ2n) is 7.33. The molecular weight excluding hydrogens is 402 g/mol. The highest BCUT2D eigenvalue weighted by Crippen LogP contribution is 2.34. The number of carbonyl (C=O) groups is 2. The van der Waals surface area contributed by atoms with Crippen molar-refractivity contribution in [1.29, 1.82) is 0 Å². The van der Waals surface area contributed by atoms with Crippen molar-refractivity contribution >= 4 is 23.8 Å². The topological polar surface area (TPSA) is 65.1 Å². The third-order valence-corrected chi connectivity index (χ3v) is 6.36. The van der Waals surface area contributed by atoms with Gasteiger partial charge < -0.3 is 14.2 Å². The van der Waals surface area contributed by atoms with Crippen molar-refractivity contribution in [3.8, 4) is 0 Å². The lowest BCUT2D eigenvalue weighted by Crippen LogP contribution is -2.49. The number of nitrogens with zero attached hydrogens (tertiary/aromatic N) is 1. The van der Waals surface area contributed by atoms with Crippen molar-refractivity contribution in [3.63, 3.8) is 0 Å². The van der Waals surface area contributed by atoms with Crippen LogP contribution in [0.25, 0.3) is 0 Å². The van der Waals surface area contributed by atoms with Crippen molar-refractivity contribution in [3.05, 3.63) is 60.2 Å². The molecule has 0 bridgehead atoms. The zero-order valence-corrected chi connectivity index (χ0v) is 18.9. The fourth-order valence-corrected chi connectivity index (χ4v) is 4.57. The summed E-state index contributed by atoms with van der Waals surface area (Å²) >= 11 is 1.45. The number of amides is 2. The van der Waals surface area contributed by atoms with Gasteiger partial charge in [0, 0.05) is 20.6 Å². The van der Waals surface area contributed by atoms with Crippen LogP contribution in [-0.2, 0) is 25.4 Å². The maximum absolute atomic E-state index is 13.6. The minimum Gasteiger partial charge on any atom is -0.447 e. The third-order valence-electron chi connectivity index (χ3n) is 5.02. The summed E-state index contributed by atoms with van der Waals surface area (Å²) in [5.41, 5.74) is 1.91. The molecule has 0 unspecified atom stereocenters. The van der Waals surface area contributed by atoms with E-state index in [0.717, 1.165) is 11.1 Å². The van der Waals surface area contributed by atoms with Crippen molar-refractivity contribution < 1.29 is 23.8 Å². The molecule has 1 fully saturated rings. The molecule has 1 heterocycles. The van der Waals surface area contributed by atoms with Gasteiger partial charge in [-0.15, -0.1) is 11.8 Å². The molecule has 0 radical (unpaired) electrons. The standard InChI is InChI=1S/C23H31NO5S/c1-6-17(2)15-23(3,30-13-12-20(27-4)28-5)21(25)24-19(16-29-22(24)26)14-18-10-8-7-9-11-18/h6-11,15,19-20H,1,12-14,16H2,2-5H3/b17-15+/t19-,23-/m0/s1. The highest BCUT2D eigenvalue weighted by Gasteiger charge is 2.45. The number of rotatable bonds is 11. The molecule has 1 aromatic rings. The monoisotopic (exact) mass is 433 g/mol. The number of benzene rings is 1. The lowest BCUT2D eigenvalue weighted by molar-refractivity contribution is -0.130. The molecule has 0 spiro atoms. The van der Waals surface area contributed by atoms with Gasteiger partial charge in [0.2, 0.25) is 0 Å². The molecule has 0 saturated carbocycles. The van der Waals surface area contributed by atoms with E-state index in [1.54, 1.807) is 20.3 Å². The molecule has 30 heavy (non-hydrogen) atoms. The van der Waals surface area contributed by atoms with Crippen LogP contribution in [0.15, 0.2) is 54.6 Å². The fourth-order valence-electron chi connectivity index (χ4n) is 3.34. The Hall–Kier alpha value is -2.09. The summed E-state index contributed by atoms with van der Waals surface area (Å²) in [5, 5.41) is 0. The molecule has 1 aliphatic heterocycles. The molecule has 7 heteroatoms. The predicted molar refractivity (Wildman–Crippen MR) is 119 cm³/mol. The van der Waals surface area contributed by atoms with Crippen molar-refractivity contribution in [1.82, 2.24) is 4.90 Å². The summed E-state index contributed by atoms with van der Waals surface area (Å²) in [6, 6.07) is 9.45. The molecule has 164 valence electrons. The zero-order valence-electron chi connectivity index (χ0n) is 18.1. The quantitative estimate of drug-likeness (QED) is 0.385. The maximum atomic E-state index is 13.6. The Labute approximate surface area is 183 Å². The van der Waals surface area contributed by atoms with Gasteiger partial charge in [-0.25, -0.2) is 9.69 Å². The Morgan fingerprint density at radius 1 is 1.37 bits per heavy atom. The van der Waals surface area contributed by atoms with E-state index >= 15 is 0 Å². The molecule has 0 aliphatic carbocycles. The Bertz CT molecular complexity index is 762. The van der Waals surface area contributed by atoms with Gasteiger partial charge in [0.1, 0.15) is 11.4 Å². The molecule has 2 amide bonds. The number of methoxy groups -OCH3 is 2. The molecule has 2 rings (SSSR count). The van der Waals surface area contributed by atoms with E-state index in [4.69, 9.17) is 14.2 Å². The first-order valence-electron chi connectivity index (χ1n) is 9.90. The van der Waals surface area contributed by atoms with E-state index in [1.165, 1.54) is 16.7 Å². The molecule has 0 N–H and O–H groups in total. The SMILES string of the molecule is C=C/C(C)=C/[C@](C)(SCCC(OC)OC)C(=O)N1C(=O)OC[C@@H]1Cc1ccccc1. The minimum atomic E-state index is -0.956. The molecule has 6 nitrogen and oxygen atoms in total. The molecule has 1 aliphatic rings. The van der Waals surface area contributed by atoms with E-state index in [0.29, 0.717) is 18.6 Å². The van der Waals surface area contributed by atoms with E-state index < -0.39 is 10.8 Å². The summed E-state index contributed by atoms with van der Waals surface area (Å²) < 4.78 is 14.8. The van der Waals surface area contributed by atoms with Gasteiger partial charge in [0.15, 0.2) is 6.29 Å². The normalized spacial score (nSPS) is 19.0. The van der Waals surface area contributed by atoms with Crippen LogP contribution in [0.3, 0.4) is 0 Å². The number of imide groups is 1. The number of thioether (sulfide) groups is 1. The zero-order chi connectivity index (χ0) is 22.1. The first kappa shape index (κ1) is 24.2. The second kappa shape index (κ2) is 11.3. The van der Waals surface area contributed by atoms with Gasteiger partial charge >= 0.3 is 6.09 Å². The molecule has 2 atom stereocenters. The highest BCUT2D eigenvalue weighted by molar-refractivity contribution is 8.01. The van der Waals surface area contributed by atoms with Crippen LogP contribution in [0.4, 0.5) is 4.79 Å². The number of hydrogen-bond acceptors (Lipinski definition) is 6. The lowest BCUT2D eigenvalue weighted by atomic mass is 10.0. The summed E-state index contributed by atoms with van der Waals surface area (Å²) in [5.74, 6) is 0.324. The van der Waals surface area contributed by atoms with Crippen LogP contribution in [0, 0.1) is 0 Å². The number of ether oxygens (including phenoxy) is 3. The fraction of sp³-hybridized carbons (Fsp3) is 0.478. The molecule has 1 aromatic carbocycles. The van der Waals surface area contributed by atoms with Crippen LogP contribution in [0.1, 0.15) is 25.8 Å². The summed E-state index contributed by atoms with van der Waals surface area (Å²) in [4.78, 5) is 27.4. The second-order valence-corrected chi connectivity index (χ2v) is 8.88. The summed E-state index contributed by atoms with van der Waals surface area (Å²) in [6.45, 7) is 7.69. The Balaban J connectivity index is 2.23. The first-order chi connectivity index (χ1) is 14.3. The van der Waals surface area contributed by atoms with Crippen LogP contribution in [0.2, 0.25) is 0 Å². The first-order valence-corrected chi connectivity index (χ1v) is 10.9. The van der Waals surface area contributed by atoms with Crippen LogP contribution in [-0.4, -0.2) is 60.6 Å². The van der Waals surface area contributed by atoms with E-state index in [1.807, 2.05) is 50.3 Å². The number of allylic oxidation sites excluding steroid dienone is 2. The largest absolute Gasteiger partial charge is 0.447 e. The van der Waals surface area contributed by atoms with Gasteiger partial charge in [-0.2, -0.15) is 0 Å². The maximum Gasteiger partial charge on any atom is 0.417 e. The summed E-state index contributed by atoms with van der Waals surface area (Å²) in [6.07, 6.45) is 3.78. The lowest BCUT2D eigenvalue weighted by Gasteiger charge is -2.31. The number of carbonyl (C=O) groups excluding carboxylic acids is 2. The Kier molecular flexibility index (Phi) is 9.14. The van der Waals surface area contributed by atoms with Gasteiger partial charge in [0.05, 0.1) is 6.04 Å². The van der Waals surface area contributed by atoms with Crippen LogP contribution >= 0.6 is 11.8 Å². The van der Waals surface area contributed by atoms with Gasteiger partial charge in [-0.1, -0.05) is 54.6 Å². The summed E-state index contributed by atoms with van der Waals surface area (Å²) in [7, 11) is 3.17. The van der Waals surface area contributed by atoms with E-state index in [2.05, 4.69) is 6.58 Å². The Morgan fingerprint density at radius 2 is 2.03 bits per heavy atom. The molecule has 1 saturated heterocycles. The minimum absolute atomic E-state index is 0.194. The molecular formula is C23H31NO5S. The van der Waals surface area contributed by atoms with E-state index in [-0.39, 0.29) is 24.8 Å². The smallest absolute Gasteiger partial charge is 0.417 e. The number of cyclic esters (lactones) is 1. The van der Waals surface area contributed by atoms with Crippen molar-refractivity contribution in [2.45, 2.75) is 43.8 Å². The Morgan fingerprint density at radius 3 is 2.63 bits per heavy atom. The van der Waals surface area contributed by atoms with Gasteiger partial charge in [-0.05, 0) is 31.6 Å².